The average Bonchev–Trinajstić information content (AvgIpc) is 3.38. The number of ether oxygens (including phenoxy) is 2. The lowest BCUT2D eigenvalue weighted by molar-refractivity contribution is 0.384. The minimum absolute atomic E-state index is 0.489. The third-order valence-electron chi connectivity index (χ3n) is 4.06. The largest absolute Gasteiger partial charge is 0.497 e. The van der Waals surface area contributed by atoms with Gasteiger partial charge < -0.3 is 14.0 Å². The number of hydrogen-bond acceptors (Lipinski definition) is 7. The van der Waals surface area contributed by atoms with Crippen molar-refractivity contribution < 1.29 is 14.0 Å². The average molecular weight is 379 g/mol. The normalized spacial score (nSPS) is 10.7. The van der Waals surface area contributed by atoms with Crippen molar-refractivity contribution in [2.24, 2.45) is 0 Å². The van der Waals surface area contributed by atoms with Crippen molar-refractivity contribution in [3.63, 3.8) is 0 Å². The number of hydrogen-bond donors (Lipinski definition) is 0. The fourth-order valence-corrected chi connectivity index (χ4v) is 3.48. The Kier molecular flexibility index (Phi) is 4.84. The number of rotatable bonds is 6. The first-order valence-electron chi connectivity index (χ1n) is 8.31. The zero-order valence-electron chi connectivity index (χ0n) is 14.9. The van der Waals surface area contributed by atoms with E-state index in [1.165, 1.54) is 0 Å². The summed E-state index contributed by atoms with van der Waals surface area (Å²) in [6.45, 7) is 0. The number of aromatic nitrogens is 3. The molecule has 0 atom stereocenters. The molecule has 2 aromatic carbocycles. The van der Waals surface area contributed by atoms with Gasteiger partial charge in [0.05, 0.1) is 31.9 Å². The second kappa shape index (κ2) is 7.59. The molecule has 136 valence electrons. The highest BCUT2D eigenvalue weighted by atomic mass is 32.1. The van der Waals surface area contributed by atoms with Crippen molar-refractivity contribution in [1.29, 1.82) is 0 Å². The van der Waals surface area contributed by atoms with Gasteiger partial charge >= 0.3 is 0 Å². The van der Waals surface area contributed by atoms with Crippen LogP contribution in [0.2, 0.25) is 0 Å². The molecule has 0 aliphatic carbocycles. The SMILES string of the molecule is COc1ccc(-c2csc(Cc3nc(-c4ccccc4OC)no3)n2)cc1. The molecule has 4 rings (SSSR count). The Morgan fingerprint density at radius 1 is 0.963 bits per heavy atom. The van der Waals surface area contributed by atoms with Crippen molar-refractivity contribution in [2.45, 2.75) is 6.42 Å². The Morgan fingerprint density at radius 2 is 1.78 bits per heavy atom. The third-order valence-corrected chi connectivity index (χ3v) is 4.90. The predicted octanol–water partition coefficient (Wildman–Crippen LogP) is 4.47. The third kappa shape index (κ3) is 3.68. The zero-order chi connectivity index (χ0) is 18.6. The van der Waals surface area contributed by atoms with Crippen molar-refractivity contribution in [1.82, 2.24) is 15.1 Å². The topological polar surface area (TPSA) is 70.3 Å². The van der Waals surface area contributed by atoms with Gasteiger partial charge in [-0.25, -0.2) is 4.98 Å². The molecule has 0 fully saturated rings. The van der Waals surface area contributed by atoms with Crippen LogP contribution in [0.4, 0.5) is 0 Å². The first kappa shape index (κ1) is 17.2. The van der Waals surface area contributed by atoms with Crippen LogP contribution in [0.1, 0.15) is 10.9 Å². The second-order valence-corrected chi connectivity index (χ2v) is 6.69. The van der Waals surface area contributed by atoms with Crippen LogP contribution in [0.15, 0.2) is 58.4 Å². The molecule has 0 saturated carbocycles. The summed E-state index contributed by atoms with van der Waals surface area (Å²) in [5.41, 5.74) is 2.76. The zero-order valence-corrected chi connectivity index (χ0v) is 15.7. The van der Waals surface area contributed by atoms with Gasteiger partial charge in [-0.2, -0.15) is 4.98 Å². The van der Waals surface area contributed by atoms with E-state index in [1.807, 2.05) is 53.9 Å². The molecule has 0 spiro atoms. The van der Waals surface area contributed by atoms with Crippen molar-refractivity contribution in [3.8, 4) is 34.1 Å². The summed E-state index contributed by atoms with van der Waals surface area (Å²) in [5, 5.41) is 7.01. The number of benzene rings is 2. The molecule has 0 radical (unpaired) electrons. The summed E-state index contributed by atoms with van der Waals surface area (Å²) in [6.07, 6.45) is 0.489. The van der Waals surface area contributed by atoms with Crippen LogP contribution in [-0.4, -0.2) is 29.3 Å². The molecule has 2 heterocycles. The van der Waals surface area contributed by atoms with Gasteiger partial charge in [-0.05, 0) is 36.4 Å². The van der Waals surface area contributed by atoms with Crippen LogP contribution < -0.4 is 9.47 Å². The summed E-state index contributed by atoms with van der Waals surface area (Å²) in [6, 6.07) is 15.4. The van der Waals surface area contributed by atoms with Gasteiger partial charge in [0.2, 0.25) is 11.7 Å². The molecule has 0 N–H and O–H groups in total. The quantitative estimate of drug-likeness (QED) is 0.492. The molecule has 27 heavy (non-hydrogen) atoms. The van der Waals surface area contributed by atoms with Gasteiger partial charge in [-0.1, -0.05) is 17.3 Å². The smallest absolute Gasteiger partial charge is 0.233 e. The van der Waals surface area contributed by atoms with Gasteiger partial charge in [-0.3, -0.25) is 0 Å². The number of methoxy groups -OCH3 is 2. The van der Waals surface area contributed by atoms with Crippen LogP contribution in [-0.2, 0) is 6.42 Å². The number of thiazole rings is 1. The summed E-state index contributed by atoms with van der Waals surface area (Å²) < 4.78 is 15.9. The summed E-state index contributed by atoms with van der Waals surface area (Å²) in [7, 11) is 3.27. The Bertz CT molecular complexity index is 1040. The molecule has 2 aromatic heterocycles. The molecule has 0 aliphatic heterocycles. The summed E-state index contributed by atoms with van der Waals surface area (Å²) >= 11 is 1.57. The Balaban J connectivity index is 1.52. The maximum Gasteiger partial charge on any atom is 0.233 e. The summed E-state index contributed by atoms with van der Waals surface area (Å²) in [4.78, 5) is 9.15. The molecule has 6 nitrogen and oxygen atoms in total. The van der Waals surface area contributed by atoms with E-state index in [4.69, 9.17) is 14.0 Å². The molecular formula is C20H17N3O3S. The standard InChI is InChI=1S/C20H17N3O3S/c1-24-14-9-7-13(8-10-14)16-12-27-19(21-16)11-18-22-20(23-26-18)15-5-3-4-6-17(15)25-2/h3-10,12H,11H2,1-2H3. The lowest BCUT2D eigenvalue weighted by Crippen LogP contribution is -1.90. The van der Waals surface area contributed by atoms with E-state index in [2.05, 4.69) is 15.1 Å². The molecule has 0 amide bonds. The molecule has 0 unspecified atom stereocenters. The molecular weight excluding hydrogens is 362 g/mol. The first-order chi connectivity index (χ1) is 13.3. The van der Waals surface area contributed by atoms with E-state index in [-0.39, 0.29) is 0 Å². The highest BCUT2D eigenvalue weighted by Gasteiger charge is 2.14. The highest BCUT2D eigenvalue weighted by molar-refractivity contribution is 7.10. The van der Waals surface area contributed by atoms with E-state index in [1.54, 1.807) is 25.6 Å². The van der Waals surface area contributed by atoms with Gasteiger partial charge in [0.15, 0.2) is 0 Å². The fourth-order valence-electron chi connectivity index (χ4n) is 2.68. The lowest BCUT2D eigenvalue weighted by atomic mass is 10.2. The van der Waals surface area contributed by atoms with Gasteiger partial charge in [0.1, 0.15) is 16.5 Å². The number of nitrogens with zero attached hydrogens (tertiary/aromatic N) is 3. The second-order valence-electron chi connectivity index (χ2n) is 5.74. The van der Waals surface area contributed by atoms with Crippen molar-refractivity contribution >= 4 is 11.3 Å². The lowest BCUT2D eigenvalue weighted by Gasteiger charge is -2.02. The van der Waals surface area contributed by atoms with E-state index in [0.29, 0.717) is 23.9 Å². The molecule has 0 bridgehead atoms. The van der Waals surface area contributed by atoms with Gasteiger partial charge in [0.25, 0.3) is 0 Å². The van der Waals surface area contributed by atoms with Crippen molar-refractivity contribution in [3.05, 3.63) is 64.8 Å². The van der Waals surface area contributed by atoms with Crippen LogP contribution in [0.5, 0.6) is 11.5 Å². The predicted molar refractivity (Wildman–Crippen MR) is 103 cm³/mol. The van der Waals surface area contributed by atoms with Gasteiger partial charge in [-0.15, -0.1) is 11.3 Å². The molecule has 0 aliphatic rings. The monoisotopic (exact) mass is 379 g/mol. The fraction of sp³-hybridized carbons (Fsp3) is 0.150. The van der Waals surface area contributed by atoms with Crippen LogP contribution >= 0.6 is 11.3 Å². The molecule has 4 aromatic rings. The molecule has 0 saturated heterocycles. The van der Waals surface area contributed by atoms with Crippen LogP contribution in [0.3, 0.4) is 0 Å². The van der Waals surface area contributed by atoms with E-state index in [0.717, 1.165) is 27.6 Å². The van der Waals surface area contributed by atoms with Crippen LogP contribution in [0.25, 0.3) is 22.6 Å². The maximum atomic E-state index is 5.40. The first-order valence-corrected chi connectivity index (χ1v) is 9.19. The molecule has 7 heteroatoms. The Hall–Kier alpha value is -3.19. The maximum absolute atomic E-state index is 5.40. The van der Waals surface area contributed by atoms with Crippen LogP contribution in [0, 0.1) is 0 Å². The van der Waals surface area contributed by atoms with Gasteiger partial charge in [0, 0.05) is 10.9 Å². The highest BCUT2D eigenvalue weighted by Crippen LogP contribution is 2.28. The van der Waals surface area contributed by atoms with E-state index < -0.39 is 0 Å². The van der Waals surface area contributed by atoms with Crippen molar-refractivity contribution in [2.75, 3.05) is 14.2 Å². The Labute approximate surface area is 160 Å². The Morgan fingerprint density at radius 3 is 2.56 bits per heavy atom. The van der Waals surface area contributed by atoms with E-state index in [9.17, 15) is 0 Å². The minimum atomic E-state index is 0.489. The number of para-hydroxylation sites is 1. The summed E-state index contributed by atoms with van der Waals surface area (Å²) in [5.74, 6) is 2.56. The minimum Gasteiger partial charge on any atom is -0.497 e. The van der Waals surface area contributed by atoms with E-state index >= 15 is 0 Å².